The fourth-order valence-electron chi connectivity index (χ4n) is 4.15. The van der Waals surface area contributed by atoms with E-state index in [0.717, 1.165) is 0 Å². The molecule has 1 aromatic carbocycles. The van der Waals surface area contributed by atoms with Gasteiger partial charge in [0.1, 0.15) is 0 Å². The summed E-state index contributed by atoms with van der Waals surface area (Å²) in [5.41, 5.74) is 1.94. The zero-order chi connectivity index (χ0) is 13.8. The van der Waals surface area contributed by atoms with Crippen molar-refractivity contribution in [3.05, 3.63) is 29.8 Å². The Hall–Kier alpha value is -0.180. The van der Waals surface area contributed by atoms with Crippen molar-refractivity contribution in [2.75, 3.05) is 19.3 Å². The standard InChI is InChI=1S/C18H27NS.ClH/c1-20-17-10-8-16(9-11-17)18(12-4-2-5-13-18)19-14-6-3-7-15-19;/h8-11H,2-7,12-15H2,1H3;1H. The number of likely N-dealkylation sites (tertiary alicyclic amines) is 1. The van der Waals surface area contributed by atoms with Crippen LogP contribution >= 0.6 is 24.2 Å². The third-order valence-electron chi connectivity index (χ3n) is 5.27. The maximum atomic E-state index is 2.82. The van der Waals surface area contributed by atoms with Crippen molar-refractivity contribution >= 4 is 24.2 Å². The molecule has 1 saturated carbocycles. The SMILES string of the molecule is CSc1ccc(C2(N3CCCCC3)CCCCC2)cc1.Cl. The summed E-state index contributed by atoms with van der Waals surface area (Å²) in [6, 6.07) is 9.46. The normalized spacial score (nSPS) is 22.5. The highest BCUT2D eigenvalue weighted by molar-refractivity contribution is 7.98. The Morgan fingerprint density at radius 2 is 1.43 bits per heavy atom. The molecular formula is C18H28ClNS. The number of piperidine rings is 1. The maximum absolute atomic E-state index is 2.82. The minimum absolute atomic E-state index is 0. The summed E-state index contributed by atoms with van der Waals surface area (Å²) in [5.74, 6) is 0. The van der Waals surface area contributed by atoms with Crippen LogP contribution in [0.4, 0.5) is 0 Å². The predicted molar refractivity (Wildman–Crippen MR) is 95.7 cm³/mol. The molecule has 3 rings (SSSR count). The van der Waals surface area contributed by atoms with Crippen LogP contribution in [-0.2, 0) is 5.54 Å². The van der Waals surface area contributed by atoms with E-state index in [4.69, 9.17) is 0 Å². The van der Waals surface area contributed by atoms with Crippen molar-refractivity contribution in [1.82, 2.24) is 4.90 Å². The summed E-state index contributed by atoms with van der Waals surface area (Å²) in [7, 11) is 0. The molecule has 1 aliphatic carbocycles. The molecule has 0 N–H and O–H groups in total. The first kappa shape index (κ1) is 17.2. The van der Waals surface area contributed by atoms with Gasteiger partial charge in [0.15, 0.2) is 0 Å². The molecule has 0 bridgehead atoms. The average Bonchev–Trinajstić information content (AvgIpc) is 2.56. The molecular weight excluding hydrogens is 298 g/mol. The molecule has 1 aromatic rings. The Balaban J connectivity index is 0.00000161. The molecule has 0 radical (unpaired) electrons. The van der Waals surface area contributed by atoms with Gasteiger partial charge < -0.3 is 0 Å². The van der Waals surface area contributed by atoms with Crippen molar-refractivity contribution < 1.29 is 0 Å². The fourth-order valence-corrected chi connectivity index (χ4v) is 4.56. The topological polar surface area (TPSA) is 3.24 Å². The second-order valence-electron chi connectivity index (χ2n) is 6.37. The number of hydrogen-bond donors (Lipinski definition) is 0. The maximum Gasteiger partial charge on any atom is 0.0460 e. The van der Waals surface area contributed by atoms with E-state index in [0.29, 0.717) is 5.54 Å². The van der Waals surface area contributed by atoms with E-state index in [1.54, 1.807) is 5.56 Å². The minimum atomic E-state index is 0. The molecule has 1 saturated heterocycles. The summed E-state index contributed by atoms with van der Waals surface area (Å²) in [6.45, 7) is 2.62. The Morgan fingerprint density at radius 3 is 2.00 bits per heavy atom. The fraction of sp³-hybridized carbons (Fsp3) is 0.667. The summed E-state index contributed by atoms with van der Waals surface area (Å²) in [5, 5.41) is 0. The molecule has 2 aliphatic rings. The Morgan fingerprint density at radius 1 is 0.857 bits per heavy atom. The Kier molecular flexibility index (Phi) is 6.46. The van der Waals surface area contributed by atoms with Gasteiger partial charge in [-0.1, -0.05) is 37.8 Å². The Bertz CT molecular complexity index is 419. The monoisotopic (exact) mass is 325 g/mol. The lowest BCUT2D eigenvalue weighted by atomic mass is 9.74. The first-order valence-electron chi connectivity index (χ1n) is 8.25. The van der Waals surface area contributed by atoms with Crippen LogP contribution in [0, 0.1) is 0 Å². The van der Waals surface area contributed by atoms with Gasteiger partial charge in [0.05, 0.1) is 0 Å². The second-order valence-corrected chi connectivity index (χ2v) is 7.25. The third kappa shape index (κ3) is 3.60. The largest absolute Gasteiger partial charge is 0.294 e. The van der Waals surface area contributed by atoms with Crippen LogP contribution in [0.25, 0.3) is 0 Å². The zero-order valence-corrected chi connectivity index (χ0v) is 14.8. The molecule has 0 spiro atoms. The van der Waals surface area contributed by atoms with Gasteiger partial charge in [-0.2, -0.15) is 0 Å². The Labute approximate surface area is 140 Å². The summed E-state index contributed by atoms with van der Waals surface area (Å²) < 4.78 is 0. The lowest BCUT2D eigenvalue weighted by Crippen LogP contribution is -2.49. The van der Waals surface area contributed by atoms with Gasteiger partial charge >= 0.3 is 0 Å². The first-order chi connectivity index (χ1) is 9.85. The highest BCUT2D eigenvalue weighted by Gasteiger charge is 2.39. The predicted octanol–water partition coefficient (Wildman–Crippen LogP) is 5.48. The van der Waals surface area contributed by atoms with Gasteiger partial charge in [0.2, 0.25) is 0 Å². The lowest BCUT2D eigenvalue weighted by Gasteiger charge is -2.48. The third-order valence-corrected chi connectivity index (χ3v) is 6.01. The summed E-state index contributed by atoms with van der Waals surface area (Å²) >= 11 is 1.85. The van der Waals surface area contributed by atoms with Gasteiger partial charge in [0, 0.05) is 10.4 Å². The number of thioether (sulfide) groups is 1. The minimum Gasteiger partial charge on any atom is -0.294 e. The van der Waals surface area contributed by atoms with Crippen molar-refractivity contribution in [2.45, 2.75) is 61.8 Å². The molecule has 1 aliphatic heterocycles. The van der Waals surface area contributed by atoms with Crippen LogP contribution in [-0.4, -0.2) is 24.2 Å². The lowest BCUT2D eigenvalue weighted by molar-refractivity contribution is 0.0303. The van der Waals surface area contributed by atoms with Gasteiger partial charge in [-0.25, -0.2) is 0 Å². The van der Waals surface area contributed by atoms with Gasteiger partial charge in [0.25, 0.3) is 0 Å². The van der Waals surface area contributed by atoms with Crippen LogP contribution in [0.1, 0.15) is 56.9 Å². The molecule has 0 aromatic heterocycles. The summed E-state index contributed by atoms with van der Waals surface area (Å²) in [4.78, 5) is 4.21. The van der Waals surface area contributed by atoms with E-state index >= 15 is 0 Å². The van der Waals surface area contributed by atoms with Gasteiger partial charge in [-0.05, 0) is 62.7 Å². The molecule has 2 fully saturated rings. The van der Waals surface area contributed by atoms with Crippen LogP contribution in [0.2, 0.25) is 0 Å². The molecule has 21 heavy (non-hydrogen) atoms. The van der Waals surface area contributed by atoms with E-state index in [-0.39, 0.29) is 12.4 Å². The number of hydrogen-bond acceptors (Lipinski definition) is 2. The molecule has 0 amide bonds. The van der Waals surface area contributed by atoms with E-state index in [2.05, 4.69) is 35.4 Å². The first-order valence-corrected chi connectivity index (χ1v) is 9.47. The quantitative estimate of drug-likeness (QED) is 0.677. The van der Waals surface area contributed by atoms with Crippen LogP contribution in [0.15, 0.2) is 29.2 Å². The molecule has 1 heterocycles. The number of nitrogens with zero attached hydrogens (tertiary/aromatic N) is 1. The molecule has 3 heteroatoms. The van der Waals surface area contributed by atoms with Crippen LogP contribution < -0.4 is 0 Å². The van der Waals surface area contributed by atoms with Gasteiger partial charge in [-0.15, -0.1) is 24.2 Å². The smallest absolute Gasteiger partial charge is 0.0460 e. The molecule has 118 valence electrons. The molecule has 0 atom stereocenters. The zero-order valence-electron chi connectivity index (χ0n) is 13.1. The van der Waals surface area contributed by atoms with E-state index in [9.17, 15) is 0 Å². The molecule has 1 nitrogen and oxygen atoms in total. The average molecular weight is 326 g/mol. The second kappa shape index (κ2) is 7.89. The number of benzene rings is 1. The van der Waals surface area contributed by atoms with Crippen molar-refractivity contribution in [2.24, 2.45) is 0 Å². The van der Waals surface area contributed by atoms with E-state index in [1.807, 2.05) is 11.8 Å². The van der Waals surface area contributed by atoms with Crippen LogP contribution in [0.3, 0.4) is 0 Å². The summed E-state index contributed by atoms with van der Waals surface area (Å²) in [6.07, 6.45) is 13.3. The van der Waals surface area contributed by atoms with Gasteiger partial charge in [-0.3, -0.25) is 4.90 Å². The molecule has 0 unspecified atom stereocenters. The highest BCUT2D eigenvalue weighted by atomic mass is 35.5. The van der Waals surface area contributed by atoms with E-state index in [1.165, 1.54) is 69.4 Å². The highest BCUT2D eigenvalue weighted by Crippen LogP contribution is 2.43. The van der Waals surface area contributed by atoms with Crippen molar-refractivity contribution in [3.8, 4) is 0 Å². The van der Waals surface area contributed by atoms with E-state index < -0.39 is 0 Å². The van der Waals surface area contributed by atoms with Crippen molar-refractivity contribution in [1.29, 1.82) is 0 Å². The number of halogens is 1. The van der Waals surface area contributed by atoms with Crippen LogP contribution in [0.5, 0.6) is 0 Å². The van der Waals surface area contributed by atoms with Crippen molar-refractivity contribution in [3.63, 3.8) is 0 Å². The number of rotatable bonds is 3.